The van der Waals surface area contributed by atoms with Gasteiger partial charge < -0.3 is 9.80 Å². The van der Waals surface area contributed by atoms with Crippen molar-refractivity contribution in [2.24, 2.45) is 0 Å². The number of hydrogen-bond donors (Lipinski definition) is 0. The normalized spacial score (nSPS) is 15.4. The number of anilines is 1. The highest BCUT2D eigenvalue weighted by Gasteiger charge is 2.28. The molecule has 1 aromatic carbocycles. The van der Waals surface area contributed by atoms with Crippen LogP contribution in [0.15, 0.2) is 54.9 Å². The second-order valence-corrected chi connectivity index (χ2v) is 7.27. The highest BCUT2D eigenvalue weighted by molar-refractivity contribution is 5.84. The molecule has 0 aliphatic carbocycles. The van der Waals surface area contributed by atoms with Gasteiger partial charge in [-0.05, 0) is 25.0 Å². The van der Waals surface area contributed by atoms with E-state index in [0.717, 1.165) is 36.7 Å². The monoisotopic (exact) mass is 390 g/mol. The Morgan fingerprint density at radius 3 is 2.41 bits per heavy atom. The van der Waals surface area contributed by atoms with Gasteiger partial charge in [0.25, 0.3) is 0 Å². The minimum atomic E-state index is -0.0736. The minimum absolute atomic E-state index is 0.0736. The predicted octanol–water partition coefficient (Wildman–Crippen LogP) is 2.81. The predicted molar refractivity (Wildman–Crippen MR) is 112 cm³/mol. The van der Waals surface area contributed by atoms with Crippen molar-refractivity contribution in [1.29, 1.82) is 0 Å². The molecule has 1 fully saturated rings. The lowest BCUT2D eigenvalue weighted by Crippen LogP contribution is -2.50. The van der Waals surface area contributed by atoms with Crippen LogP contribution in [0.25, 0.3) is 5.82 Å². The van der Waals surface area contributed by atoms with Gasteiger partial charge >= 0.3 is 0 Å². The van der Waals surface area contributed by atoms with Gasteiger partial charge in [0.05, 0.1) is 5.92 Å². The van der Waals surface area contributed by atoms with Crippen molar-refractivity contribution in [2.45, 2.75) is 26.2 Å². The van der Waals surface area contributed by atoms with E-state index in [0.29, 0.717) is 18.9 Å². The van der Waals surface area contributed by atoms with E-state index in [-0.39, 0.29) is 11.8 Å². The smallest absolute Gasteiger partial charge is 0.230 e. The van der Waals surface area contributed by atoms with Crippen molar-refractivity contribution in [1.82, 2.24) is 24.6 Å². The number of hydrogen-bond acceptors (Lipinski definition) is 5. The molecular formula is C22H26N6O. The Bertz CT molecular complexity index is 949. The Kier molecular flexibility index (Phi) is 5.55. The molecule has 29 heavy (non-hydrogen) atoms. The zero-order chi connectivity index (χ0) is 20.2. The van der Waals surface area contributed by atoms with Crippen LogP contribution in [0.2, 0.25) is 0 Å². The molecule has 7 heteroatoms. The van der Waals surface area contributed by atoms with E-state index in [4.69, 9.17) is 0 Å². The number of carbonyl (C=O) groups is 1. The summed E-state index contributed by atoms with van der Waals surface area (Å²) < 4.78 is 1.74. The second kappa shape index (κ2) is 8.43. The molecule has 0 saturated carbocycles. The van der Waals surface area contributed by atoms with E-state index in [9.17, 15) is 4.79 Å². The molecule has 1 unspecified atom stereocenters. The largest absolute Gasteiger partial charge is 0.353 e. The molecule has 7 nitrogen and oxygen atoms in total. The molecule has 150 valence electrons. The molecule has 0 radical (unpaired) electrons. The summed E-state index contributed by atoms with van der Waals surface area (Å²) in [6.07, 6.45) is 4.41. The van der Waals surface area contributed by atoms with Crippen molar-refractivity contribution in [3.05, 3.63) is 66.2 Å². The molecule has 3 aromatic rings. The molecule has 0 spiro atoms. The highest BCUT2D eigenvalue weighted by Crippen LogP contribution is 2.24. The van der Waals surface area contributed by atoms with Gasteiger partial charge in [-0.3, -0.25) is 4.79 Å². The lowest BCUT2D eigenvalue weighted by molar-refractivity contribution is -0.133. The lowest BCUT2D eigenvalue weighted by Gasteiger charge is -2.37. The van der Waals surface area contributed by atoms with Crippen molar-refractivity contribution in [2.75, 3.05) is 31.1 Å². The van der Waals surface area contributed by atoms with Gasteiger partial charge in [-0.15, -0.1) is 0 Å². The molecule has 2 aromatic heterocycles. The molecule has 1 atom stereocenters. The summed E-state index contributed by atoms with van der Waals surface area (Å²) in [5.74, 6) is 2.49. The van der Waals surface area contributed by atoms with Crippen LogP contribution in [0.5, 0.6) is 0 Å². The lowest BCUT2D eigenvalue weighted by atomic mass is 9.95. The van der Waals surface area contributed by atoms with Crippen LogP contribution in [0.4, 0.5) is 5.82 Å². The van der Waals surface area contributed by atoms with Gasteiger partial charge in [0.15, 0.2) is 5.82 Å². The fraction of sp³-hybridized carbons (Fsp3) is 0.364. The summed E-state index contributed by atoms with van der Waals surface area (Å²) in [5.41, 5.74) is 1.10. The van der Waals surface area contributed by atoms with E-state index >= 15 is 0 Å². The molecule has 4 rings (SSSR count). The Labute approximate surface area is 171 Å². The number of nitrogens with zero attached hydrogens (tertiary/aromatic N) is 6. The van der Waals surface area contributed by atoms with E-state index < -0.39 is 0 Å². The number of aromatic nitrogens is 4. The van der Waals surface area contributed by atoms with E-state index in [1.165, 1.54) is 0 Å². The molecule has 1 amide bonds. The van der Waals surface area contributed by atoms with Crippen LogP contribution in [0.3, 0.4) is 0 Å². The first-order valence-electron chi connectivity index (χ1n) is 10.1. The topological polar surface area (TPSA) is 67.2 Å². The molecular weight excluding hydrogens is 364 g/mol. The Morgan fingerprint density at radius 1 is 1.03 bits per heavy atom. The van der Waals surface area contributed by atoms with Crippen molar-refractivity contribution >= 4 is 11.7 Å². The summed E-state index contributed by atoms with van der Waals surface area (Å²) in [6, 6.07) is 13.9. The molecule has 0 bridgehead atoms. The zero-order valence-corrected chi connectivity index (χ0v) is 16.9. The van der Waals surface area contributed by atoms with Crippen molar-refractivity contribution in [3.63, 3.8) is 0 Å². The Morgan fingerprint density at radius 2 is 1.76 bits per heavy atom. The first kappa shape index (κ1) is 19.1. The minimum Gasteiger partial charge on any atom is -0.353 e. The summed E-state index contributed by atoms with van der Waals surface area (Å²) in [5, 5.41) is 4.26. The Balaban J connectivity index is 1.45. The van der Waals surface area contributed by atoms with Crippen LogP contribution >= 0.6 is 0 Å². The summed E-state index contributed by atoms with van der Waals surface area (Å²) >= 11 is 0. The van der Waals surface area contributed by atoms with Crippen LogP contribution in [0.1, 0.15) is 30.7 Å². The third-order valence-corrected chi connectivity index (χ3v) is 5.37. The van der Waals surface area contributed by atoms with E-state index in [1.807, 2.05) is 60.5 Å². The average molecular weight is 390 g/mol. The Hall–Kier alpha value is -3.22. The third-order valence-electron chi connectivity index (χ3n) is 5.37. The van der Waals surface area contributed by atoms with Crippen LogP contribution in [0, 0.1) is 6.92 Å². The average Bonchev–Trinajstić information content (AvgIpc) is 3.30. The maximum Gasteiger partial charge on any atom is 0.230 e. The fourth-order valence-electron chi connectivity index (χ4n) is 3.83. The van der Waals surface area contributed by atoms with Gasteiger partial charge in [0.2, 0.25) is 5.91 Å². The van der Waals surface area contributed by atoms with Crippen LogP contribution < -0.4 is 4.90 Å². The zero-order valence-electron chi connectivity index (χ0n) is 16.9. The first-order valence-corrected chi connectivity index (χ1v) is 10.1. The summed E-state index contributed by atoms with van der Waals surface area (Å²) in [7, 11) is 0. The van der Waals surface area contributed by atoms with Gasteiger partial charge in [-0.2, -0.15) is 5.10 Å². The van der Waals surface area contributed by atoms with Crippen molar-refractivity contribution in [3.8, 4) is 5.82 Å². The molecule has 3 heterocycles. The molecule has 1 aliphatic rings. The molecule has 1 aliphatic heterocycles. The van der Waals surface area contributed by atoms with Gasteiger partial charge in [-0.25, -0.2) is 14.6 Å². The van der Waals surface area contributed by atoms with Gasteiger partial charge in [-0.1, -0.05) is 37.3 Å². The standard InChI is InChI=1S/C22H26N6O/c1-3-19(18-8-5-4-6-9-18)22(29)27-14-12-26(13-15-27)20-16-21(25-17(2)24-20)28-11-7-10-23-28/h4-11,16,19H,3,12-15H2,1-2H3. The maximum atomic E-state index is 13.1. The van der Waals surface area contributed by atoms with Gasteiger partial charge in [0, 0.05) is 44.6 Å². The number of carbonyl (C=O) groups excluding carboxylic acids is 1. The van der Waals surface area contributed by atoms with Crippen molar-refractivity contribution < 1.29 is 4.79 Å². The summed E-state index contributed by atoms with van der Waals surface area (Å²) in [4.78, 5) is 26.4. The summed E-state index contributed by atoms with van der Waals surface area (Å²) in [6.45, 7) is 6.87. The second-order valence-electron chi connectivity index (χ2n) is 7.27. The molecule has 0 N–H and O–H groups in total. The first-order chi connectivity index (χ1) is 14.2. The number of piperazine rings is 1. The fourth-order valence-corrected chi connectivity index (χ4v) is 3.83. The van der Waals surface area contributed by atoms with E-state index in [2.05, 4.69) is 26.9 Å². The maximum absolute atomic E-state index is 13.1. The SMILES string of the molecule is CCC(C(=O)N1CCN(c2cc(-n3cccn3)nc(C)n2)CC1)c1ccccc1. The van der Waals surface area contributed by atoms with Crippen LogP contribution in [-0.2, 0) is 4.79 Å². The van der Waals surface area contributed by atoms with Gasteiger partial charge in [0.1, 0.15) is 11.6 Å². The van der Waals surface area contributed by atoms with E-state index in [1.54, 1.807) is 10.9 Å². The van der Waals surface area contributed by atoms with Crippen LogP contribution in [-0.4, -0.2) is 56.7 Å². The number of benzene rings is 1. The number of amides is 1. The third kappa shape index (κ3) is 4.13. The number of rotatable bonds is 5. The highest BCUT2D eigenvalue weighted by atomic mass is 16.2. The number of aryl methyl sites for hydroxylation is 1. The molecule has 1 saturated heterocycles. The quantitative estimate of drug-likeness (QED) is 0.670.